The molecule has 0 aliphatic heterocycles. The number of aromatic nitrogens is 4. The smallest absolute Gasteiger partial charge is 0.219 e. The Balaban J connectivity index is 0.000000182. The number of hydrogen-bond donors (Lipinski definition) is 4. The molecule has 6 aromatic rings. The summed E-state index contributed by atoms with van der Waals surface area (Å²) < 4.78 is 24.2. The molecule has 2 aromatic heterocycles. The minimum atomic E-state index is -0.244. The summed E-state index contributed by atoms with van der Waals surface area (Å²) in [7, 11) is 5.83. The molecule has 4 aromatic carbocycles. The van der Waals surface area contributed by atoms with Crippen LogP contribution in [0.5, 0.6) is 23.0 Å². The summed E-state index contributed by atoms with van der Waals surface area (Å²) in [5, 5.41) is 10.3. The first-order valence-corrected chi connectivity index (χ1v) is 26.4. The molecule has 1 unspecified atom stereocenters. The molecule has 2 heterocycles. The Morgan fingerprint density at radius 2 is 0.814 bits per heavy atom. The zero-order valence-corrected chi connectivity index (χ0v) is 42.3. The third kappa shape index (κ3) is 11.5. The maximum absolute atomic E-state index is 10.3. The van der Waals surface area contributed by atoms with E-state index >= 15 is 0 Å². The predicted octanol–water partition coefficient (Wildman–Crippen LogP) is 11.0. The van der Waals surface area contributed by atoms with Crippen LogP contribution in [-0.2, 0) is 10.8 Å². The Labute approximate surface area is 416 Å². The molecular weight excluding hydrogens is 894 g/mol. The number of nitrogen functional groups attached to an aromatic ring is 2. The van der Waals surface area contributed by atoms with Gasteiger partial charge in [0.1, 0.15) is 0 Å². The molecule has 4 saturated carbocycles. The SMILES string of the molecule is COc1ccc(C2(c3ccc(-c4cnc(N)nc4)cc3)CCC(N)CC2)cc1OC1CCCC1.COc1ccc(C2(c3ccc(-c4cnc(N)nc4)cc3)CCC(O)CC2)cc1OC1CCCC1.CP. The van der Waals surface area contributed by atoms with E-state index in [4.69, 9.17) is 36.1 Å². The van der Waals surface area contributed by atoms with Crippen LogP contribution in [0.3, 0.4) is 0 Å². The molecule has 12 nitrogen and oxygen atoms in total. The first-order chi connectivity index (χ1) is 34.1. The van der Waals surface area contributed by atoms with Crippen LogP contribution in [0.4, 0.5) is 11.9 Å². The largest absolute Gasteiger partial charge is 0.493 e. The highest BCUT2D eigenvalue weighted by atomic mass is 31.0. The Hall–Kier alpha value is -5.81. The number of rotatable bonds is 12. The minimum absolute atomic E-state index is 0.105. The summed E-state index contributed by atoms with van der Waals surface area (Å²) in [6.07, 6.45) is 24.0. The van der Waals surface area contributed by atoms with Crippen molar-refractivity contribution in [3.05, 3.63) is 132 Å². The summed E-state index contributed by atoms with van der Waals surface area (Å²) in [5.74, 6) is 3.82. The van der Waals surface area contributed by atoms with Gasteiger partial charge in [-0.3, -0.25) is 0 Å². The van der Waals surface area contributed by atoms with E-state index in [0.717, 1.165) is 122 Å². The lowest BCUT2D eigenvalue weighted by atomic mass is 9.64. The molecule has 0 saturated heterocycles. The molecule has 0 spiro atoms. The zero-order chi connectivity index (χ0) is 49.1. The van der Waals surface area contributed by atoms with Crippen LogP contribution in [0.25, 0.3) is 22.3 Å². The zero-order valence-electron chi connectivity index (χ0n) is 41.2. The van der Waals surface area contributed by atoms with E-state index < -0.39 is 0 Å². The van der Waals surface area contributed by atoms with Gasteiger partial charge in [-0.1, -0.05) is 67.3 Å². The van der Waals surface area contributed by atoms with E-state index in [1.807, 2.05) is 12.7 Å². The lowest BCUT2D eigenvalue weighted by molar-refractivity contribution is 0.106. The van der Waals surface area contributed by atoms with Gasteiger partial charge in [-0.15, -0.1) is 9.24 Å². The quantitative estimate of drug-likeness (QED) is 0.0852. The third-order valence-corrected chi connectivity index (χ3v) is 15.2. The molecule has 4 aliphatic carbocycles. The Morgan fingerprint density at radius 1 is 0.471 bits per heavy atom. The summed E-state index contributed by atoms with van der Waals surface area (Å²) in [5.41, 5.74) is 26.4. The van der Waals surface area contributed by atoms with Crippen molar-refractivity contribution in [3.63, 3.8) is 0 Å². The van der Waals surface area contributed by atoms with Gasteiger partial charge < -0.3 is 41.3 Å². The van der Waals surface area contributed by atoms with Gasteiger partial charge in [0, 0.05) is 52.8 Å². The van der Waals surface area contributed by atoms with E-state index in [-0.39, 0.29) is 47.1 Å². The van der Waals surface area contributed by atoms with Crippen molar-refractivity contribution >= 4 is 21.1 Å². The molecule has 1 atom stereocenters. The molecule has 70 heavy (non-hydrogen) atoms. The Morgan fingerprint density at radius 3 is 1.17 bits per heavy atom. The lowest BCUT2D eigenvalue weighted by Crippen LogP contribution is -2.38. The van der Waals surface area contributed by atoms with Crippen LogP contribution in [0.2, 0.25) is 0 Å². The Bertz CT molecular complexity index is 2390. The molecule has 7 N–H and O–H groups in total. The molecule has 370 valence electrons. The van der Waals surface area contributed by atoms with E-state index in [0.29, 0.717) is 0 Å². The van der Waals surface area contributed by atoms with Crippen molar-refractivity contribution in [2.24, 2.45) is 5.73 Å². The van der Waals surface area contributed by atoms with Crippen LogP contribution in [-0.4, -0.2) is 70.3 Å². The topological polar surface area (TPSA) is 187 Å². The predicted molar refractivity (Wildman–Crippen MR) is 284 cm³/mol. The summed E-state index contributed by atoms with van der Waals surface area (Å²) in [4.78, 5) is 16.5. The molecule has 4 fully saturated rings. The van der Waals surface area contributed by atoms with Crippen LogP contribution < -0.4 is 36.1 Å². The van der Waals surface area contributed by atoms with Crippen molar-refractivity contribution in [2.75, 3.05) is 32.4 Å². The summed E-state index contributed by atoms with van der Waals surface area (Å²) >= 11 is 0. The van der Waals surface area contributed by atoms with Crippen LogP contribution in [0.1, 0.15) is 125 Å². The highest BCUT2D eigenvalue weighted by molar-refractivity contribution is 7.15. The molecule has 13 heteroatoms. The number of aliphatic hydroxyl groups excluding tert-OH is 1. The number of benzene rings is 4. The average Bonchev–Trinajstić information content (AvgIpc) is 4.14. The summed E-state index contributed by atoms with van der Waals surface area (Å²) in [6, 6.07) is 30.6. The van der Waals surface area contributed by atoms with Gasteiger partial charge >= 0.3 is 0 Å². The monoisotopic (exact) mass is 966 g/mol. The fourth-order valence-electron chi connectivity index (χ4n) is 11.2. The van der Waals surface area contributed by atoms with Gasteiger partial charge in [-0.05, 0) is 160 Å². The van der Waals surface area contributed by atoms with Gasteiger partial charge in [0.05, 0.1) is 32.5 Å². The maximum atomic E-state index is 10.3. The second kappa shape index (κ2) is 23.4. The van der Waals surface area contributed by atoms with Crippen molar-refractivity contribution in [3.8, 4) is 45.3 Å². The van der Waals surface area contributed by atoms with Gasteiger partial charge in [-0.2, -0.15) is 0 Å². The number of hydrogen-bond acceptors (Lipinski definition) is 12. The molecule has 4 aliphatic rings. The number of methoxy groups -OCH3 is 2. The highest BCUT2D eigenvalue weighted by Crippen LogP contribution is 2.49. The van der Waals surface area contributed by atoms with Crippen molar-refractivity contribution in [1.82, 2.24) is 19.9 Å². The van der Waals surface area contributed by atoms with Gasteiger partial charge in [0.2, 0.25) is 11.9 Å². The second-order valence-corrected chi connectivity index (χ2v) is 19.3. The fraction of sp³-hybridized carbons (Fsp3) is 0.439. The summed E-state index contributed by atoms with van der Waals surface area (Å²) in [6.45, 7) is 1.92. The lowest BCUT2D eigenvalue weighted by Gasteiger charge is -2.41. The minimum Gasteiger partial charge on any atom is -0.493 e. The standard InChI is InChI=1S/C28H34N4O2.C28H33N3O3.CH5P/c1-33-25-11-10-22(16-26(25)34-24-4-2-3-5-24)28(14-12-23(29)13-15-28)21-8-6-19(7-9-21)20-17-31-27(30)32-18-20;1-33-25-11-10-22(16-26(25)34-24-4-2-3-5-24)28(14-12-23(32)13-15-28)21-8-6-19(7-9-21)20-17-30-27(29)31-18-20;1-2/h6-11,16-18,23-24H,2-5,12-15,29H2,1H3,(H2,30,31,32);6-11,16-18,23-24,32H,2-5,12-15H2,1H3,(H2,29,30,31);2H2,1H3. The van der Waals surface area contributed by atoms with E-state index in [1.165, 1.54) is 47.9 Å². The van der Waals surface area contributed by atoms with Crippen LogP contribution >= 0.6 is 9.24 Å². The maximum Gasteiger partial charge on any atom is 0.219 e. The third-order valence-electron chi connectivity index (χ3n) is 15.2. The van der Waals surface area contributed by atoms with E-state index in [9.17, 15) is 5.11 Å². The van der Waals surface area contributed by atoms with Crippen LogP contribution in [0.15, 0.2) is 110 Å². The van der Waals surface area contributed by atoms with Crippen molar-refractivity contribution < 1.29 is 24.1 Å². The van der Waals surface area contributed by atoms with Gasteiger partial charge in [0.25, 0.3) is 0 Å². The second-order valence-electron chi connectivity index (χ2n) is 19.3. The first kappa shape index (κ1) is 50.6. The number of ether oxygens (including phenoxy) is 4. The van der Waals surface area contributed by atoms with Gasteiger partial charge in [0.15, 0.2) is 23.0 Å². The molecule has 0 amide bonds. The molecule has 0 radical (unpaired) electrons. The normalized spacial score (nSPS) is 22.5. The number of nitrogens with two attached hydrogens (primary N) is 3. The Kier molecular flexibility index (Phi) is 16.9. The fourth-order valence-corrected chi connectivity index (χ4v) is 11.2. The number of nitrogens with zero attached hydrogens (tertiary/aromatic N) is 4. The number of anilines is 2. The van der Waals surface area contributed by atoms with E-state index in [1.54, 1.807) is 39.0 Å². The molecular formula is C57H72N7O5P. The van der Waals surface area contributed by atoms with Crippen molar-refractivity contribution in [1.29, 1.82) is 0 Å². The average molecular weight is 966 g/mol. The highest BCUT2D eigenvalue weighted by Gasteiger charge is 2.40. The van der Waals surface area contributed by atoms with E-state index in [2.05, 4.69) is 108 Å². The molecule has 10 rings (SSSR count). The van der Waals surface area contributed by atoms with Crippen molar-refractivity contribution in [2.45, 2.75) is 138 Å². The van der Waals surface area contributed by atoms with Crippen LogP contribution in [0, 0.1) is 0 Å². The number of aliphatic hydroxyl groups is 1. The van der Waals surface area contributed by atoms with Gasteiger partial charge in [-0.25, -0.2) is 19.9 Å². The first-order valence-electron chi connectivity index (χ1n) is 25.2. The molecule has 0 bridgehead atoms.